The molecule has 0 bridgehead atoms. The molecule has 0 spiro atoms. The third-order valence-electron chi connectivity index (χ3n) is 15.4. The van der Waals surface area contributed by atoms with Crippen molar-refractivity contribution in [1.29, 1.82) is 0 Å². The summed E-state index contributed by atoms with van der Waals surface area (Å²) in [5.74, 6) is -1.08. The van der Waals surface area contributed by atoms with Gasteiger partial charge >= 0.3 is 5.97 Å². The van der Waals surface area contributed by atoms with Gasteiger partial charge in [0.1, 0.15) is 24.4 Å². The van der Waals surface area contributed by atoms with E-state index in [-0.39, 0.29) is 29.3 Å². The Balaban J connectivity index is 1.39. The average Bonchev–Trinajstić information content (AvgIpc) is 3.02. The first kappa shape index (κ1) is 35.7. The zero-order chi connectivity index (χ0) is 34.7. The lowest BCUT2D eigenvalue weighted by molar-refractivity contribution is -0.298. The van der Waals surface area contributed by atoms with E-state index in [9.17, 15) is 45.6 Å². The Morgan fingerprint density at radius 3 is 2.15 bits per heavy atom. The quantitative estimate of drug-likeness (QED) is 0.160. The molecule has 47 heavy (non-hydrogen) atoms. The van der Waals surface area contributed by atoms with Crippen molar-refractivity contribution < 1.29 is 55.1 Å². The van der Waals surface area contributed by atoms with Crippen LogP contribution < -0.4 is 0 Å². The van der Waals surface area contributed by atoms with Gasteiger partial charge in [0.25, 0.3) is 0 Å². The Hall–Kier alpha value is -1.15. The molecular formula is C36H58O11. The Bertz CT molecular complexity index is 1270. The van der Waals surface area contributed by atoms with Gasteiger partial charge in [-0.2, -0.15) is 0 Å². The molecule has 0 aromatic rings. The van der Waals surface area contributed by atoms with Gasteiger partial charge in [-0.15, -0.1) is 0 Å². The number of allylic oxidation sites excluding steroid dienone is 1. The highest BCUT2D eigenvalue weighted by Gasteiger charge is 2.72. The molecule has 11 heteroatoms. The van der Waals surface area contributed by atoms with Crippen LogP contribution in [0.3, 0.4) is 0 Å². The molecule has 4 saturated carbocycles. The molecule has 0 aromatic carbocycles. The molecule has 1 saturated heterocycles. The summed E-state index contributed by atoms with van der Waals surface area (Å²) < 4.78 is 11.4. The molecule has 6 aliphatic rings. The standard InChI is InChI=1S/C36H58O11/c1-31(2)11-13-36(30(45)47-29-26(42)25(41)24(40)20(16-37)46-29)14-12-34(5)18(23(36)28(31)44)7-8-22-32(3)15-19(39)27(43)33(4,17-38)21(32)9-10-35(22,34)6/h7,19-29,37-44H,8-17H2,1-6H3/t19-,20-,21?,22?,23?,24-,25+,26-,27-,28+,29+,32+,33-,34-,35-,36+/m1/s1. The van der Waals surface area contributed by atoms with Crippen LogP contribution in [-0.2, 0) is 14.3 Å². The summed E-state index contributed by atoms with van der Waals surface area (Å²) in [7, 11) is 0. The highest BCUT2D eigenvalue weighted by Crippen LogP contribution is 2.75. The molecule has 0 radical (unpaired) electrons. The number of hydrogen-bond acceptors (Lipinski definition) is 11. The van der Waals surface area contributed by atoms with Crippen LogP contribution in [0, 0.1) is 50.2 Å². The molecule has 5 aliphatic carbocycles. The highest BCUT2D eigenvalue weighted by molar-refractivity contribution is 5.79. The molecule has 0 aromatic heterocycles. The lowest BCUT2D eigenvalue weighted by atomic mass is 9.33. The van der Waals surface area contributed by atoms with Gasteiger partial charge in [-0.05, 0) is 84.9 Å². The Morgan fingerprint density at radius 1 is 0.851 bits per heavy atom. The molecule has 268 valence electrons. The largest absolute Gasteiger partial charge is 0.432 e. The predicted molar refractivity (Wildman–Crippen MR) is 169 cm³/mol. The number of esters is 1. The number of rotatable bonds is 4. The van der Waals surface area contributed by atoms with Crippen LogP contribution in [-0.4, -0.2) is 109 Å². The number of fused-ring (bicyclic) bond motifs is 7. The van der Waals surface area contributed by atoms with E-state index < -0.39 is 89.2 Å². The second kappa shape index (κ2) is 11.4. The topological polar surface area (TPSA) is 197 Å². The highest BCUT2D eigenvalue weighted by atomic mass is 16.7. The van der Waals surface area contributed by atoms with E-state index in [1.807, 2.05) is 20.8 Å². The zero-order valence-electron chi connectivity index (χ0n) is 28.8. The molecule has 0 amide bonds. The van der Waals surface area contributed by atoms with Crippen molar-refractivity contribution in [2.24, 2.45) is 50.2 Å². The predicted octanol–water partition coefficient (Wildman–Crippen LogP) is 1.41. The number of ether oxygens (including phenoxy) is 2. The van der Waals surface area contributed by atoms with Gasteiger partial charge in [0.05, 0.1) is 36.9 Å². The van der Waals surface area contributed by atoms with Crippen LogP contribution >= 0.6 is 0 Å². The number of aliphatic hydroxyl groups excluding tert-OH is 8. The molecular weight excluding hydrogens is 608 g/mol. The third-order valence-corrected chi connectivity index (χ3v) is 15.4. The Labute approximate surface area is 278 Å². The van der Waals surface area contributed by atoms with Crippen LogP contribution in [0.5, 0.6) is 0 Å². The van der Waals surface area contributed by atoms with Gasteiger partial charge in [0, 0.05) is 11.3 Å². The minimum atomic E-state index is -1.72. The van der Waals surface area contributed by atoms with Crippen molar-refractivity contribution in [1.82, 2.24) is 0 Å². The first-order chi connectivity index (χ1) is 21.8. The van der Waals surface area contributed by atoms with Gasteiger partial charge < -0.3 is 50.3 Å². The van der Waals surface area contributed by atoms with Gasteiger partial charge in [0.15, 0.2) is 0 Å². The minimum absolute atomic E-state index is 0.00502. The van der Waals surface area contributed by atoms with Crippen molar-refractivity contribution in [2.45, 2.75) is 142 Å². The number of hydrogen-bond donors (Lipinski definition) is 8. The summed E-state index contributed by atoms with van der Waals surface area (Å²) in [6.45, 7) is 11.9. The lowest BCUT2D eigenvalue weighted by Gasteiger charge is -2.71. The average molecular weight is 667 g/mol. The summed E-state index contributed by atoms with van der Waals surface area (Å²) in [6.07, 6.45) is -3.62. The van der Waals surface area contributed by atoms with Gasteiger partial charge in [0.2, 0.25) is 6.29 Å². The first-order valence-corrected chi connectivity index (χ1v) is 17.7. The summed E-state index contributed by atoms with van der Waals surface area (Å²) in [6, 6.07) is 0. The van der Waals surface area contributed by atoms with Crippen LogP contribution in [0.25, 0.3) is 0 Å². The van der Waals surface area contributed by atoms with E-state index in [2.05, 4.69) is 26.8 Å². The summed E-state index contributed by atoms with van der Waals surface area (Å²) >= 11 is 0. The molecule has 6 rings (SSSR count). The molecule has 1 aliphatic heterocycles. The minimum Gasteiger partial charge on any atom is -0.432 e. The summed E-state index contributed by atoms with van der Waals surface area (Å²) in [5.41, 5.74) is -2.46. The Morgan fingerprint density at radius 2 is 1.51 bits per heavy atom. The van der Waals surface area contributed by atoms with Gasteiger partial charge in [-0.3, -0.25) is 4.79 Å². The van der Waals surface area contributed by atoms with E-state index in [1.54, 1.807) is 0 Å². The monoisotopic (exact) mass is 666 g/mol. The van der Waals surface area contributed by atoms with Crippen molar-refractivity contribution in [3.8, 4) is 0 Å². The molecule has 16 atom stereocenters. The van der Waals surface area contributed by atoms with Crippen LogP contribution in [0.2, 0.25) is 0 Å². The summed E-state index contributed by atoms with van der Waals surface area (Å²) in [4.78, 5) is 14.4. The fraction of sp³-hybridized carbons (Fsp3) is 0.917. The van der Waals surface area contributed by atoms with E-state index in [4.69, 9.17) is 9.47 Å². The van der Waals surface area contributed by atoms with Crippen LogP contribution in [0.15, 0.2) is 11.6 Å². The molecule has 1 heterocycles. The zero-order valence-corrected chi connectivity index (χ0v) is 28.8. The molecule has 3 unspecified atom stereocenters. The normalized spacial score (nSPS) is 55.4. The van der Waals surface area contributed by atoms with Crippen molar-refractivity contribution in [3.05, 3.63) is 11.6 Å². The lowest BCUT2D eigenvalue weighted by Crippen LogP contribution is -2.69. The number of carbonyl (C=O) groups excluding carboxylic acids is 1. The van der Waals surface area contributed by atoms with E-state index in [1.165, 1.54) is 0 Å². The van der Waals surface area contributed by atoms with E-state index >= 15 is 0 Å². The van der Waals surface area contributed by atoms with Crippen LogP contribution in [0.4, 0.5) is 0 Å². The maximum atomic E-state index is 14.4. The fourth-order valence-electron chi connectivity index (χ4n) is 12.1. The second-order valence-corrected chi connectivity index (χ2v) is 17.8. The van der Waals surface area contributed by atoms with Crippen molar-refractivity contribution in [3.63, 3.8) is 0 Å². The second-order valence-electron chi connectivity index (χ2n) is 17.8. The first-order valence-electron chi connectivity index (χ1n) is 17.7. The number of carbonyl (C=O) groups is 1. The maximum absolute atomic E-state index is 14.4. The SMILES string of the molecule is CC1(C)CC[C@]2(C(=O)O[C@@H]3O[C@H](CO)[C@@H](O)[C@H](O)[C@H]3O)CC[C@]3(C)C(=CCC4[C@@]5(C)C[C@@H](O)[C@@H](O)[C@](C)(CO)C5CC[C@]43C)C2[C@@H]1O. The van der Waals surface area contributed by atoms with Crippen LogP contribution in [0.1, 0.15) is 92.9 Å². The smallest absolute Gasteiger partial charge is 0.315 e. The van der Waals surface area contributed by atoms with Gasteiger partial charge in [-0.1, -0.05) is 53.2 Å². The van der Waals surface area contributed by atoms with Crippen molar-refractivity contribution in [2.75, 3.05) is 13.2 Å². The van der Waals surface area contributed by atoms with Gasteiger partial charge in [-0.25, -0.2) is 0 Å². The molecule has 11 nitrogen and oxygen atoms in total. The fourth-order valence-corrected chi connectivity index (χ4v) is 12.1. The van der Waals surface area contributed by atoms with Crippen molar-refractivity contribution >= 4 is 5.97 Å². The number of aliphatic hydroxyl groups is 8. The van der Waals surface area contributed by atoms with E-state index in [0.717, 1.165) is 18.4 Å². The Kier molecular flexibility index (Phi) is 8.68. The maximum Gasteiger partial charge on any atom is 0.315 e. The molecule has 5 fully saturated rings. The van der Waals surface area contributed by atoms with E-state index in [0.29, 0.717) is 38.5 Å². The summed E-state index contributed by atoms with van der Waals surface area (Å²) in [5, 5.41) is 85.9. The third kappa shape index (κ3) is 4.67. The molecule has 8 N–H and O–H groups in total.